The minimum Gasteiger partial charge on any atom is -0.317 e. The van der Waals surface area contributed by atoms with Crippen LogP contribution in [0.15, 0.2) is 52.6 Å². The van der Waals surface area contributed by atoms with Crippen molar-refractivity contribution in [1.29, 1.82) is 0 Å². The van der Waals surface area contributed by atoms with Crippen LogP contribution in [0.4, 0.5) is 5.95 Å². The fraction of sp³-hybridized carbons (Fsp3) is 0. The molecule has 3 N–H and O–H groups in total. The Morgan fingerprint density at radius 2 is 2.10 bits per heavy atom. The number of anilines is 1. The molecule has 0 saturated heterocycles. The first-order valence-electron chi connectivity index (χ1n) is 6.27. The number of aromatic amines is 2. The Kier molecular flexibility index (Phi) is 3.55. The van der Waals surface area contributed by atoms with Crippen molar-refractivity contribution in [2.45, 2.75) is 0 Å². The minimum atomic E-state index is -0.270. The van der Waals surface area contributed by atoms with Crippen LogP contribution in [-0.4, -0.2) is 26.2 Å². The van der Waals surface area contributed by atoms with Crippen LogP contribution in [-0.2, 0) is 0 Å². The number of H-pyrrole nitrogens is 2. The molecule has 104 valence electrons. The van der Waals surface area contributed by atoms with E-state index in [1.165, 1.54) is 6.33 Å². The van der Waals surface area contributed by atoms with Crippen molar-refractivity contribution >= 4 is 29.4 Å². The van der Waals surface area contributed by atoms with Crippen LogP contribution < -0.4 is 11.0 Å². The number of fused-ring (bicyclic) bond motifs is 1. The van der Waals surface area contributed by atoms with Gasteiger partial charge in [-0.1, -0.05) is 36.4 Å². The zero-order chi connectivity index (χ0) is 14.5. The number of rotatable bonds is 4. The topological polar surface area (TPSA) is 98.8 Å². The number of allylic oxidation sites excluding steroid dienone is 1. The van der Waals surface area contributed by atoms with Crippen LogP contribution in [0.25, 0.3) is 17.2 Å². The van der Waals surface area contributed by atoms with E-state index in [0.717, 1.165) is 5.56 Å². The second-order valence-electron chi connectivity index (χ2n) is 4.18. The Balaban J connectivity index is 1.66. The number of hydrazone groups is 1. The SMILES string of the molecule is O=c1[nH]cnc2nc(N/N=C\C=C\c3ccccc3)[nH]c12. The van der Waals surface area contributed by atoms with Crippen LogP contribution >= 0.6 is 0 Å². The van der Waals surface area contributed by atoms with Gasteiger partial charge in [-0.15, -0.1) is 0 Å². The molecular formula is C14H12N6O. The second-order valence-corrected chi connectivity index (χ2v) is 4.18. The molecule has 0 amide bonds. The lowest BCUT2D eigenvalue weighted by molar-refractivity contribution is 1.15. The fourth-order valence-corrected chi connectivity index (χ4v) is 1.75. The summed E-state index contributed by atoms with van der Waals surface area (Å²) in [5, 5.41) is 3.99. The van der Waals surface area contributed by atoms with Gasteiger partial charge in [0.25, 0.3) is 5.56 Å². The molecule has 0 saturated carbocycles. The Bertz CT molecular complexity index is 847. The molecule has 0 spiro atoms. The molecule has 0 radical (unpaired) electrons. The van der Waals surface area contributed by atoms with Crippen LogP contribution in [0, 0.1) is 0 Å². The highest BCUT2D eigenvalue weighted by molar-refractivity contribution is 5.79. The first-order chi connectivity index (χ1) is 10.3. The minimum absolute atomic E-state index is 0.270. The molecule has 0 aliphatic rings. The average Bonchev–Trinajstić information content (AvgIpc) is 2.92. The summed E-state index contributed by atoms with van der Waals surface area (Å²) in [7, 11) is 0. The zero-order valence-corrected chi connectivity index (χ0v) is 10.9. The first kappa shape index (κ1) is 12.8. The summed E-state index contributed by atoms with van der Waals surface area (Å²) < 4.78 is 0. The second kappa shape index (κ2) is 5.83. The predicted octanol–water partition coefficient (Wildman–Crippen LogP) is 1.76. The first-order valence-corrected chi connectivity index (χ1v) is 6.27. The molecule has 2 heterocycles. The fourth-order valence-electron chi connectivity index (χ4n) is 1.75. The average molecular weight is 280 g/mol. The van der Waals surface area contributed by atoms with Crippen molar-refractivity contribution in [3.63, 3.8) is 0 Å². The molecule has 0 bridgehead atoms. The van der Waals surface area contributed by atoms with Gasteiger partial charge < -0.3 is 9.97 Å². The summed E-state index contributed by atoms with van der Waals surface area (Å²) >= 11 is 0. The van der Waals surface area contributed by atoms with Gasteiger partial charge in [-0.3, -0.25) is 4.79 Å². The molecule has 0 atom stereocenters. The van der Waals surface area contributed by atoms with E-state index < -0.39 is 0 Å². The lowest BCUT2D eigenvalue weighted by Gasteiger charge is -1.91. The molecule has 0 unspecified atom stereocenters. The normalized spacial score (nSPS) is 11.6. The van der Waals surface area contributed by atoms with E-state index in [4.69, 9.17) is 0 Å². The van der Waals surface area contributed by atoms with E-state index >= 15 is 0 Å². The van der Waals surface area contributed by atoms with Crippen molar-refractivity contribution < 1.29 is 0 Å². The highest BCUT2D eigenvalue weighted by Gasteiger charge is 2.05. The van der Waals surface area contributed by atoms with Gasteiger partial charge in [0, 0.05) is 6.21 Å². The maximum absolute atomic E-state index is 11.5. The van der Waals surface area contributed by atoms with E-state index in [0.29, 0.717) is 17.1 Å². The molecular weight excluding hydrogens is 268 g/mol. The quantitative estimate of drug-likeness (QED) is 0.501. The monoisotopic (exact) mass is 280 g/mol. The highest BCUT2D eigenvalue weighted by atomic mass is 16.1. The third kappa shape index (κ3) is 3.03. The number of imidazole rings is 1. The molecule has 0 aliphatic carbocycles. The maximum atomic E-state index is 11.5. The van der Waals surface area contributed by atoms with Gasteiger partial charge in [-0.25, -0.2) is 10.4 Å². The molecule has 0 fully saturated rings. The number of aromatic nitrogens is 4. The van der Waals surface area contributed by atoms with E-state index in [2.05, 4.69) is 30.5 Å². The van der Waals surface area contributed by atoms with E-state index in [9.17, 15) is 4.79 Å². The maximum Gasteiger partial charge on any atom is 0.276 e. The number of hydrogen-bond acceptors (Lipinski definition) is 5. The van der Waals surface area contributed by atoms with Crippen LogP contribution in [0.5, 0.6) is 0 Å². The lowest BCUT2D eigenvalue weighted by Crippen LogP contribution is -2.05. The van der Waals surface area contributed by atoms with Gasteiger partial charge in [0.1, 0.15) is 0 Å². The molecule has 7 heteroatoms. The highest BCUT2D eigenvalue weighted by Crippen LogP contribution is 2.06. The molecule has 0 aliphatic heterocycles. The number of nitrogens with zero attached hydrogens (tertiary/aromatic N) is 3. The largest absolute Gasteiger partial charge is 0.317 e. The van der Waals surface area contributed by atoms with Crippen LogP contribution in [0.1, 0.15) is 5.56 Å². The summed E-state index contributed by atoms with van der Waals surface area (Å²) in [5.41, 5.74) is 4.18. The van der Waals surface area contributed by atoms with Crippen LogP contribution in [0.2, 0.25) is 0 Å². The standard InChI is InChI=1S/C14H12N6O/c21-13-11-12(15-9-16-13)19-14(18-11)20-17-8-4-7-10-5-2-1-3-6-10/h1-9H,(H3,15,16,18,19,20,21)/b7-4+,17-8-. The summed E-state index contributed by atoms with van der Waals surface area (Å²) in [4.78, 5) is 24.8. The van der Waals surface area contributed by atoms with Crippen LogP contribution in [0.3, 0.4) is 0 Å². The molecule has 3 rings (SSSR count). The Morgan fingerprint density at radius 1 is 1.24 bits per heavy atom. The van der Waals surface area contributed by atoms with Gasteiger partial charge in [0.05, 0.1) is 6.33 Å². The summed E-state index contributed by atoms with van der Waals surface area (Å²) in [6, 6.07) is 9.89. The van der Waals surface area contributed by atoms with Gasteiger partial charge in [-0.2, -0.15) is 10.1 Å². The third-order valence-electron chi connectivity index (χ3n) is 2.71. The molecule has 7 nitrogen and oxygen atoms in total. The summed E-state index contributed by atoms with van der Waals surface area (Å²) in [5.74, 6) is 0.360. The Morgan fingerprint density at radius 3 is 2.90 bits per heavy atom. The van der Waals surface area contributed by atoms with Crippen molar-refractivity contribution in [3.8, 4) is 0 Å². The van der Waals surface area contributed by atoms with Gasteiger partial charge in [-0.05, 0) is 11.6 Å². The summed E-state index contributed by atoms with van der Waals surface area (Å²) in [6.45, 7) is 0. The Hall–Kier alpha value is -3.22. The number of nitrogens with one attached hydrogen (secondary N) is 3. The molecule has 2 aromatic heterocycles. The zero-order valence-electron chi connectivity index (χ0n) is 10.9. The van der Waals surface area contributed by atoms with E-state index in [1.54, 1.807) is 12.3 Å². The van der Waals surface area contributed by atoms with Gasteiger partial charge in [0.15, 0.2) is 11.2 Å². The molecule has 21 heavy (non-hydrogen) atoms. The number of hydrogen-bond donors (Lipinski definition) is 3. The number of benzene rings is 1. The van der Waals surface area contributed by atoms with Gasteiger partial charge in [0.2, 0.25) is 5.95 Å². The smallest absolute Gasteiger partial charge is 0.276 e. The van der Waals surface area contributed by atoms with Gasteiger partial charge >= 0.3 is 0 Å². The van der Waals surface area contributed by atoms with E-state index in [1.807, 2.05) is 36.4 Å². The Labute approximate surface area is 119 Å². The van der Waals surface area contributed by atoms with Crippen molar-refractivity contribution in [2.24, 2.45) is 5.10 Å². The van der Waals surface area contributed by atoms with Crippen molar-refractivity contribution in [3.05, 3.63) is 58.7 Å². The molecule has 1 aromatic carbocycles. The van der Waals surface area contributed by atoms with Crippen molar-refractivity contribution in [2.75, 3.05) is 5.43 Å². The van der Waals surface area contributed by atoms with Crippen molar-refractivity contribution in [1.82, 2.24) is 19.9 Å². The summed E-state index contributed by atoms with van der Waals surface area (Å²) in [6.07, 6.45) is 6.63. The molecule has 3 aromatic rings. The lowest BCUT2D eigenvalue weighted by atomic mass is 10.2. The third-order valence-corrected chi connectivity index (χ3v) is 2.71. The predicted molar refractivity (Wildman–Crippen MR) is 82.1 cm³/mol. The van der Waals surface area contributed by atoms with E-state index in [-0.39, 0.29) is 5.56 Å².